The molecule has 4 nitrogen and oxygen atoms in total. The zero-order valence-corrected chi connectivity index (χ0v) is 24.3. The number of alkyl halides is 6. The zero-order valence-electron chi connectivity index (χ0n) is 24.3. The standard InChI is InChI=1S/C34H34F7NO3/c35-27-8-6-21(7-9-27)22-11-14-42(15-12-22)28-10-13-32(31(44)45,24-4-2-1-3-5-24)30(19-28)29(20-43)23-16-25(33(36,37)38)18-26(17-23)34(39,40)41/h1-9,16-18,22,28-30,43H,10-15,19-20H2,(H,44,45)/t28?,29?,30-,32-/m0/s1. The summed E-state index contributed by atoms with van der Waals surface area (Å²) in [4.78, 5) is 15.4. The number of hydrogen-bond acceptors (Lipinski definition) is 3. The molecule has 2 fully saturated rings. The molecule has 3 aromatic carbocycles. The van der Waals surface area contributed by atoms with Crippen molar-refractivity contribution in [3.8, 4) is 0 Å². The van der Waals surface area contributed by atoms with Crippen LogP contribution in [-0.4, -0.2) is 46.8 Å². The first-order chi connectivity index (χ1) is 21.2. The third kappa shape index (κ3) is 6.74. The number of aliphatic hydroxyl groups excluding tert-OH is 1. The van der Waals surface area contributed by atoms with Crippen molar-refractivity contribution in [2.45, 2.75) is 67.7 Å². The minimum Gasteiger partial charge on any atom is -0.481 e. The number of piperidine rings is 1. The first-order valence-corrected chi connectivity index (χ1v) is 14.9. The minimum atomic E-state index is -5.09. The van der Waals surface area contributed by atoms with E-state index in [4.69, 9.17) is 0 Å². The van der Waals surface area contributed by atoms with E-state index in [0.29, 0.717) is 37.2 Å². The molecule has 5 rings (SSSR count). The molecule has 11 heteroatoms. The molecule has 2 unspecified atom stereocenters. The summed E-state index contributed by atoms with van der Waals surface area (Å²) in [6.07, 6.45) is -8.02. The van der Waals surface area contributed by atoms with E-state index in [-0.39, 0.29) is 36.7 Å². The number of aliphatic hydroxyl groups is 1. The number of likely N-dealkylation sites (tertiary alicyclic amines) is 1. The highest BCUT2D eigenvalue weighted by Gasteiger charge is 2.54. The fourth-order valence-corrected chi connectivity index (χ4v) is 7.51. The average Bonchev–Trinajstić information content (AvgIpc) is 3.01. The van der Waals surface area contributed by atoms with Gasteiger partial charge >= 0.3 is 18.3 Å². The second kappa shape index (κ2) is 12.7. The Hall–Kier alpha value is -3.44. The molecule has 2 aliphatic rings. The van der Waals surface area contributed by atoms with Gasteiger partial charge in [0.25, 0.3) is 0 Å². The fraction of sp³-hybridized carbons (Fsp3) is 0.441. The summed E-state index contributed by atoms with van der Waals surface area (Å²) in [5.74, 6) is -3.73. The Labute approximate surface area is 256 Å². The number of halogens is 7. The molecular formula is C34H34F7NO3. The van der Waals surface area contributed by atoms with Crippen LogP contribution in [0.25, 0.3) is 0 Å². The summed E-state index contributed by atoms with van der Waals surface area (Å²) in [6, 6.07) is 15.6. The van der Waals surface area contributed by atoms with Gasteiger partial charge < -0.3 is 15.1 Å². The number of carbonyl (C=O) groups is 1. The predicted molar refractivity (Wildman–Crippen MR) is 153 cm³/mol. The largest absolute Gasteiger partial charge is 0.481 e. The molecule has 3 aromatic rings. The molecule has 1 saturated heterocycles. The molecule has 1 heterocycles. The highest BCUT2D eigenvalue weighted by atomic mass is 19.4. The number of carboxylic acids is 1. The van der Waals surface area contributed by atoms with Gasteiger partial charge in [0.15, 0.2) is 0 Å². The maximum absolute atomic E-state index is 13.8. The second-order valence-electron chi connectivity index (χ2n) is 12.2. The first kappa shape index (κ1) is 32.9. The Morgan fingerprint density at radius 2 is 1.44 bits per heavy atom. The number of hydrogen-bond donors (Lipinski definition) is 2. The number of rotatable bonds is 7. The van der Waals surface area contributed by atoms with Crippen molar-refractivity contribution in [1.82, 2.24) is 4.90 Å². The Morgan fingerprint density at radius 3 is 1.96 bits per heavy atom. The predicted octanol–water partition coefficient (Wildman–Crippen LogP) is 8.01. The molecule has 0 radical (unpaired) electrons. The van der Waals surface area contributed by atoms with Crippen LogP contribution in [0, 0.1) is 11.7 Å². The molecule has 4 atom stereocenters. The van der Waals surface area contributed by atoms with Crippen LogP contribution in [0.4, 0.5) is 30.7 Å². The van der Waals surface area contributed by atoms with Crippen molar-refractivity contribution in [2.24, 2.45) is 5.92 Å². The third-order valence-corrected chi connectivity index (χ3v) is 9.81. The lowest BCUT2D eigenvalue weighted by molar-refractivity contribution is -0.150. The van der Waals surface area contributed by atoms with Crippen LogP contribution in [0.1, 0.15) is 71.8 Å². The monoisotopic (exact) mass is 637 g/mol. The molecule has 242 valence electrons. The summed E-state index contributed by atoms with van der Waals surface area (Å²) < 4.78 is 96.4. The SMILES string of the molecule is O=C(O)[C@]1(c2ccccc2)CCC(N2CCC(c3ccc(F)cc3)CC2)C[C@H]1C(CO)c1cc(C(F)(F)F)cc(C(F)(F)F)c1. The summed E-state index contributed by atoms with van der Waals surface area (Å²) >= 11 is 0. The number of nitrogens with zero attached hydrogens (tertiary/aromatic N) is 1. The van der Waals surface area contributed by atoms with Gasteiger partial charge in [-0.25, -0.2) is 4.39 Å². The van der Waals surface area contributed by atoms with Crippen molar-refractivity contribution in [1.29, 1.82) is 0 Å². The summed E-state index contributed by atoms with van der Waals surface area (Å²) in [7, 11) is 0. The van der Waals surface area contributed by atoms with Crippen LogP contribution in [0.15, 0.2) is 72.8 Å². The number of benzene rings is 3. The van der Waals surface area contributed by atoms with Crippen molar-refractivity contribution in [3.63, 3.8) is 0 Å². The van der Waals surface area contributed by atoms with Gasteiger partial charge in [0.05, 0.1) is 23.1 Å². The van der Waals surface area contributed by atoms with E-state index >= 15 is 0 Å². The van der Waals surface area contributed by atoms with Gasteiger partial charge in [-0.05, 0) is 104 Å². The Bertz CT molecular complexity index is 1440. The van der Waals surface area contributed by atoms with Gasteiger partial charge in [0.1, 0.15) is 5.82 Å². The fourth-order valence-electron chi connectivity index (χ4n) is 7.51. The zero-order chi connectivity index (χ0) is 32.6. The summed E-state index contributed by atoms with van der Waals surface area (Å²) in [6.45, 7) is 0.428. The maximum Gasteiger partial charge on any atom is 0.416 e. The molecular weight excluding hydrogens is 603 g/mol. The van der Waals surface area contributed by atoms with Crippen molar-refractivity contribution >= 4 is 5.97 Å². The Morgan fingerprint density at radius 1 is 0.867 bits per heavy atom. The Kier molecular flexibility index (Phi) is 9.33. The normalized spacial score (nSPS) is 24.4. The second-order valence-corrected chi connectivity index (χ2v) is 12.2. The number of aliphatic carboxylic acids is 1. The van der Waals surface area contributed by atoms with Crippen LogP contribution in [0.3, 0.4) is 0 Å². The molecule has 0 bridgehead atoms. The quantitative estimate of drug-likeness (QED) is 0.258. The molecule has 0 aromatic heterocycles. The van der Waals surface area contributed by atoms with Crippen LogP contribution in [0.5, 0.6) is 0 Å². The van der Waals surface area contributed by atoms with Crippen LogP contribution >= 0.6 is 0 Å². The smallest absolute Gasteiger partial charge is 0.416 e. The highest BCUT2D eigenvalue weighted by Crippen LogP contribution is 2.52. The maximum atomic E-state index is 13.8. The van der Waals surface area contributed by atoms with Gasteiger partial charge in [-0.3, -0.25) is 4.79 Å². The highest BCUT2D eigenvalue weighted by molar-refractivity contribution is 5.82. The molecule has 0 spiro atoms. The lowest BCUT2D eigenvalue weighted by atomic mass is 9.56. The van der Waals surface area contributed by atoms with Gasteiger partial charge in [-0.2, -0.15) is 26.3 Å². The Balaban J connectivity index is 1.53. The van der Waals surface area contributed by atoms with E-state index < -0.39 is 58.9 Å². The van der Waals surface area contributed by atoms with Gasteiger partial charge in [-0.1, -0.05) is 42.5 Å². The topological polar surface area (TPSA) is 60.8 Å². The van der Waals surface area contributed by atoms with Crippen molar-refractivity contribution in [3.05, 3.63) is 106 Å². The van der Waals surface area contributed by atoms with Crippen LogP contribution < -0.4 is 0 Å². The van der Waals surface area contributed by atoms with Gasteiger partial charge in [0, 0.05) is 12.0 Å². The van der Waals surface area contributed by atoms with Gasteiger partial charge in [-0.15, -0.1) is 0 Å². The van der Waals surface area contributed by atoms with Crippen molar-refractivity contribution in [2.75, 3.05) is 19.7 Å². The van der Waals surface area contributed by atoms with Crippen LogP contribution in [0.2, 0.25) is 0 Å². The first-order valence-electron chi connectivity index (χ1n) is 14.9. The third-order valence-electron chi connectivity index (χ3n) is 9.81. The van der Waals surface area contributed by atoms with E-state index in [9.17, 15) is 45.7 Å². The molecule has 1 saturated carbocycles. The van der Waals surface area contributed by atoms with Crippen molar-refractivity contribution < 1.29 is 45.7 Å². The molecule has 1 aliphatic heterocycles. The van der Waals surface area contributed by atoms with E-state index in [2.05, 4.69) is 4.90 Å². The molecule has 45 heavy (non-hydrogen) atoms. The van der Waals surface area contributed by atoms with Crippen LogP contribution in [-0.2, 0) is 22.6 Å². The molecule has 1 aliphatic carbocycles. The molecule has 0 amide bonds. The van der Waals surface area contributed by atoms with E-state index in [1.807, 2.05) is 0 Å². The molecule has 2 N–H and O–H groups in total. The summed E-state index contributed by atoms with van der Waals surface area (Å²) in [5, 5.41) is 21.4. The lowest BCUT2D eigenvalue weighted by Crippen LogP contribution is -2.54. The minimum absolute atomic E-state index is 0.0362. The summed E-state index contributed by atoms with van der Waals surface area (Å²) in [5.41, 5.74) is -3.69. The number of carboxylic acid groups (broad SMARTS) is 1. The van der Waals surface area contributed by atoms with E-state index in [1.54, 1.807) is 42.5 Å². The average molecular weight is 638 g/mol. The van der Waals surface area contributed by atoms with Gasteiger partial charge in [0.2, 0.25) is 0 Å². The van der Waals surface area contributed by atoms with E-state index in [1.165, 1.54) is 12.1 Å². The lowest BCUT2D eigenvalue weighted by Gasteiger charge is -2.50. The van der Waals surface area contributed by atoms with E-state index in [0.717, 1.165) is 18.4 Å².